The Hall–Kier alpha value is -0.910. The SMILES string of the molecule is CCOC(=O)C(C)(Br)[C@H](O)[C@H](C)[C@H](OC)c1ccccc1. The zero-order valence-electron chi connectivity index (χ0n) is 12.9. The van der Waals surface area contributed by atoms with E-state index in [1.165, 1.54) is 0 Å². The van der Waals surface area contributed by atoms with E-state index < -0.39 is 16.4 Å². The normalized spacial score (nSPS) is 18.4. The van der Waals surface area contributed by atoms with Gasteiger partial charge in [-0.15, -0.1) is 0 Å². The molecule has 0 aromatic heterocycles. The Balaban J connectivity index is 2.94. The van der Waals surface area contributed by atoms with Gasteiger partial charge in [0.2, 0.25) is 0 Å². The zero-order chi connectivity index (χ0) is 16.0. The van der Waals surface area contributed by atoms with Crippen LogP contribution < -0.4 is 0 Å². The molecule has 4 atom stereocenters. The summed E-state index contributed by atoms with van der Waals surface area (Å²) in [5.74, 6) is -0.779. The number of aliphatic hydroxyl groups excluding tert-OH is 1. The fourth-order valence-corrected chi connectivity index (χ4v) is 2.88. The van der Waals surface area contributed by atoms with Crippen LogP contribution in [0.2, 0.25) is 0 Å². The predicted molar refractivity (Wildman–Crippen MR) is 85.3 cm³/mol. The summed E-state index contributed by atoms with van der Waals surface area (Å²) in [6.07, 6.45) is -1.27. The second kappa shape index (κ2) is 7.92. The highest BCUT2D eigenvalue weighted by Crippen LogP contribution is 2.36. The van der Waals surface area contributed by atoms with Crippen LogP contribution in [-0.4, -0.2) is 35.2 Å². The van der Waals surface area contributed by atoms with Crippen LogP contribution in [0.1, 0.15) is 32.4 Å². The minimum atomic E-state index is -1.17. The number of benzene rings is 1. The fraction of sp³-hybridized carbons (Fsp3) is 0.562. The Morgan fingerprint density at radius 2 is 1.95 bits per heavy atom. The lowest BCUT2D eigenvalue weighted by atomic mass is 9.86. The minimum Gasteiger partial charge on any atom is -0.465 e. The molecule has 0 amide bonds. The van der Waals surface area contributed by atoms with Crippen molar-refractivity contribution in [3.63, 3.8) is 0 Å². The van der Waals surface area contributed by atoms with Gasteiger partial charge >= 0.3 is 5.97 Å². The van der Waals surface area contributed by atoms with Crippen molar-refractivity contribution in [1.82, 2.24) is 0 Å². The molecule has 0 bridgehead atoms. The van der Waals surface area contributed by atoms with E-state index in [2.05, 4.69) is 15.9 Å². The van der Waals surface area contributed by atoms with Gasteiger partial charge in [-0.2, -0.15) is 0 Å². The third kappa shape index (κ3) is 4.28. The standard InChI is InChI=1S/C16H23BrO4/c1-5-21-15(19)16(3,17)14(18)11(2)13(20-4)12-9-7-6-8-10-12/h6-11,13-14,18H,5H2,1-4H3/t11-,13+,14-,16?/m1/s1. The number of rotatable bonds is 7. The molecule has 1 N–H and O–H groups in total. The molecule has 4 nitrogen and oxygen atoms in total. The molecular formula is C16H23BrO4. The maximum absolute atomic E-state index is 12.0. The van der Waals surface area contributed by atoms with Gasteiger partial charge in [-0.3, -0.25) is 4.79 Å². The first-order valence-corrected chi connectivity index (χ1v) is 7.77. The Morgan fingerprint density at radius 1 is 1.38 bits per heavy atom. The number of esters is 1. The molecule has 0 fully saturated rings. The highest BCUT2D eigenvalue weighted by atomic mass is 79.9. The van der Waals surface area contributed by atoms with Crippen molar-refractivity contribution in [2.24, 2.45) is 5.92 Å². The van der Waals surface area contributed by atoms with E-state index in [9.17, 15) is 9.90 Å². The molecule has 0 aliphatic rings. The van der Waals surface area contributed by atoms with Gasteiger partial charge in [0, 0.05) is 13.0 Å². The van der Waals surface area contributed by atoms with Crippen molar-refractivity contribution < 1.29 is 19.4 Å². The maximum Gasteiger partial charge on any atom is 0.325 e. The predicted octanol–water partition coefficient (Wildman–Crippen LogP) is 3.09. The van der Waals surface area contributed by atoms with Crippen LogP contribution >= 0.6 is 15.9 Å². The third-order valence-electron chi connectivity index (χ3n) is 3.59. The van der Waals surface area contributed by atoms with Crippen LogP contribution in [0.4, 0.5) is 0 Å². The van der Waals surface area contributed by atoms with Gasteiger partial charge in [-0.05, 0) is 19.4 Å². The number of halogens is 1. The molecule has 0 saturated carbocycles. The molecule has 118 valence electrons. The lowest BCUT2D eigenvalue weighted by Crippen LogP contribution is -2.47. The van der Waals surface area contributed by atoms with Crippen molar-refractivity contribution in [2.45, 2.75) is 37.3 Å². The van der Waals surface area contributed by atoms with Crippen LogP contribution in [0.25, 0.3) is 0 Å². The molecular weight excluding hydrogens is 336 g/mol. The molecule has 21 heavy (non-hydrogen) atoms. The van der Waals surface area contributed by atoms with E-state index in [-0.39, 0.29) is 18.6 Å². The second-order valence-electron chi connectivity index (χ2n) is 5.17. The molecule has 5 heteroatoms. The van der Waals surface area contributed by atoms with Gasteiger partial charge in [0.1, 0.15) is 4.32 Å². The van der Waals surface area contributed by atoms with Gasteiger partial charge in [-0.1, -0.05) is 53.2 Å². The number of carbonyl (C=O) groups excluding carboxylic acids is 1. The molecule has 1 aromatic rings. The average molecular weight is 359 g/mol. The van der Waals surface area contributed by atoms with Crippen LogP contribution in [-0.2, 0) is 14.3 Å². The maximum atomic E-state index is 12.0. The summed E-state index contributed by atoms with van der Waals surface area (Å²) < 4.78 is 9.36. The zero-order valence-corrected chi connectivity index (χ0v) is 14.5. The van der Waals surface area contributed by atoms with Gasteiger partial charge in [-0.25, -0.2) is 0 Å². The molecule has 0 saturated heterocycles. The number of methoxy groups -OCH3 is 1. The fourth-order valence-electron chi connectivity index (χ4n) is 2.35. The van der Waals surface area contributed by atoms with E-state index in [0.717, 1.165) is 5.56 Å². The van der Waals surface area contributed by atoms with Gasteiger partial charge in [0.25, 0.3) is 0 Å². The third-order valence-corrected chi connectivity index (χ3v) is 4.38. The summed E-state index contributed by atoms with van der Waals surface area (Å²) in [4.78, 5) is 12.0. The van der Waals surface area contributed by atoms with Crippen molar-refractivity contribution in [2.75, 3.05) is 13.7 Å². The molecule has 0 heterocycles. The molecule has 1 unspecified atom stereocenters. The Labute approximate surface area is 134 Å². The van der Waals surface area contributed by atoms with Crippen molar-refractivity contribution in [3.8, 4) is 0 Å². The number of ether oxygens (including phenoxy) is 2. The minimum absolute atomic E-state index is 0.271. The molecule has 1 rings (SSSR count). The number of hydrogen-bond acceptors (Lipinski definition) is 4. The lowest BCUT2D eigenvalue weighted by Gasteiger charge is -2.34. The van der Waals surface area contributed by atoms with Gasteiger partial charge in [0.05, 0.1) is 18.8 Å². The van der Waals surface area contributed by atoms with Crippen LogP contribution in [0, 0.1) is 5.92 Å². The molecule has 0 aliphatic carbocycles. The first-order chi connectivity index (χ1) is 9.86. The van der Waals surface area contributed by atoms with Gasteiger partial charge < -0.3 is 14.6 Å². The average Bonchev–Trinajstić information content (AvgIpc) is 2.48. The van der Waals surface area contributed by atoms with E-state index in [4.69, 9.17) is 9.47 Å². The topological polar surface area (TPSA) is 55.8 Å². The largest absolute Gasteiger partial charge is 0.465 e. The molecule has 0 aliphatic heterocycles. The van der Waals surface area contributed by atoms with E-state index in [1.807, 2.05) is 37.3 Å². The first-order valence-electron chi connectivity index (χ1n) is 6.98. The van der Waals surface area contributed by atoms with E-state index in [1.54, 1.807) is 21.0 Å². The highest BCUT2D eigenvalue weighted by molar-refractivity contribution is 9.10. The quantitative estimate of drug-likeness (QED) is 0.601. The number of hydrogen-bond donors (Lipinski definition) is 1. The van der Waals surface area contributed by atoms with Crippen molar-refractivity contribution >= 4 is 21.9 Å². The summed E-state index contributed by atoms with van der Waals surface area (Å²) in [5, 5.41) is 10.6. The van der Waals surface area contributed by atoms with Crippen molar-refractivity contribution in [3.05, 3.63) is 35.9 Å². The summed E-state index contributed by atoms with van der Waals surface area (Å²) in [5.41, 5.74) is 0.957. The van der Waals surface area contributed by atoms with Crippen molar-refractivity contribution in [1.29, 1.82) is 0 Å². The molecule has 1 aromatic carbocycles. The number of aliphatic hydroxyl groups is 1. The summed E-state index contributed by atoms with van der Waals surface area (Å²) in [7, 11) is 1.59. The number of carbonyl (C=O) groups is 1. The monoisotopic (exact) mass is 358 g/mol. The summed E-state index contributed by atoms with van der Waals surface area (Å²) in [6, 6.07) is 9.63. The molecule has 0 spiro atoms. The highest BCUT2D eigenvalue weighted by Gasteiger charge is 2.44. The number of alkyl halides is 1. The van der Waals surface area contributed by atoms with E-state index in [0.29, 0.717) is 0 Å². The summed E-state index contributed by atoms with van der Waals surface area (Å²) >= 11 is 3.30. The Morgan fingerprint density at radius 3 is 2.43 bits per heavy atom. The smallest absolute Gasteiger partial charge is 0.325 e. The van der Waals surface area contributed by atoms with Crippen LogP contribution in [0.3, 0.4) is 0 Å². The molecule has 0 radical (unpaired) electrons. The van der Waals surface area contributed by atoms with E-state index >= 15 is 0 Å². The summed E-state index contributed by atoms with van der Waals surface area (Å²) in [6.45, 7) is 5.47. The lowest BCUT2D eigenvalue weighted by molar-refractivity contribution is -0.150. The van der Waals surface area contributed by atoms with Crippen LogP contribution in [0.15, 0.2) is 30.3 Å². The van der Waals surface area contributed by atoms with Crippen LogP contribution in [0.5, 0.6) is 0 Å². The second-order valence-corrected chi connectivity index (χ2v) is 6.81. The first kappa shape index (κ1) is 18.1. The Bertz CT molecular complexity index is 447. The van der Waals surface area contributed by atoms with Gasteiger partial charge in [0.15, 0.2) is 0 Å². The Kier molecular flexibility index (Phi) is 6.84.